The molecule has 1 amide bonds. The Bertz CT molecular complexity index is 1220. The van der Waals surface area contributed by atoms with Crippen molar-refractivity contribution in [1.82, 2.24) is 10.2 Å². The third kappa shape index (κ3) is 3.81. The summed E-state index contributed by atoms with van der Waals surface area (Å²) in [5.74, 6) is 1.73. The van der Waals surface area contributed by atoms with Gasteiger partial charge < -0.3 is 19.2 Å². The van der Waals surface area contributed by atoms with Gasteiger partial charge in [-0.15, -0.1) is 10.2 Å². The first-order valence-electron chi connectivity index (χ1n) is 9.40. The van der Waals surface area contributed by atoms with Crippen molar-refractivity contribution in [2.24, 2.45) is 0 Å². The summed E-state index contributed by atoms with van der Waals surface area (Å²) in [5.41, 5.74) is 1.51. The summed E-state index contributed by atoms with van der Waals surface area (Å²) < 4.78 is 16.8. The Morgan fingerprint density at radius 2 is 1.80 bits per heavy atom. The highest BCUT2D eigenvalue weighted by Gasteiger charge is 2.16. The number of rotatable bonds is 5. The van der Waals surface area contributed by atoms with Crippen molar-refractivity contribution in [3.63, 3.8) is 0 Å². The fraction of sp³-hybridized carbons (Fsp3) is 0.136. The standard InChI is InChI=1S/C22H17N3O4S/c26-20(23-17-7-3-5-14-4-1-2-6-16(14)17)13-30-22-25-24-21(29-22)15-8-9-18-19(12-15)28-11-10-27-18/h1-9,12H,10-11,13H2,(H,23,26). The number of carbonyl (C=O) groups excluding carboxylic acids is 1. The molecule has 1 N–H and O–H groups in total. The first kappa shape index (κ1) is 18.5. The van der Waals surface area contributed by atoms with Crippen molar-refractivity contribution in [2.45, 2.75) is 5.22 Å². The Labute approximate surface area is 176 Å². The Morgan fingerprint density at radius 3 is 2.73 bits per heavy atom. The molecule has 0 radical (unpaired) electrons. The summed E-state index contributed by atoms with van der Waals surface area (Å²) in [5, 5.41) is 13.4. The summed E-state index contributed by atoms with van der Waals surface area (Å²) >= 11 is 1.19. The topological polar surface area (TPSA) is 86.5 Å². The highest BCUT2D eigenvalue weighted by atomic mass is 32.2. The van der Waals surface area contributed by atoms with Crippen LogP contribution in [0.4, 0.5) is 5.69 Å². The number of thioether (sulfide) groups is 1. The van der Waals surface area contributed by atoms with E-state index in [9.17, 15) is 4.79 Å². The fourth-order valence-corrected chi connectivity index (χ4v) is 3.77. The largest absolute Gasteiger partial charge is 0.486 e. The van der Waals surface area contributed by atoms with E-state index in [4.69, 9.17) is 13.9 Å². The van der Waals surface area contributed by atoms with E-state index >= 15 is 0 Å². The van der Waals surface area contributed by atoms with Gasteiger partial charge in [-0.25, -0.2) is 0 Å². The second kappa shape index (κ2) is 8.08. The predicted octanol–water partition coefficient (Wildman–Crippen LogP) is 4.39. The van der Waals surface area contributed by atoms with E-state index < -0.39 is 0 Å². The molecular formula is C22H17N3O4S. The third-order valence-electron chi connectivity index (χ3n) is 4.59. The van der Waals surface area contributed by atoms with Crippen LogP contribution in [0.1, 0.15) is 0 Å². The third-order valence-corrected chi connectivity index (χ3v) is 5.40. The van der Waals surface area contributed by atoms with E-state index in [1.54, 1.807) is 0 Å². The van der Waals surface area contributed by atoms with Gasteiger partial charge in [0.15, 0.2) is 11.5 Å². The minimum absolute atomic E-state index is 0.143. The maximum atomic E-state index is 12.4. The van der Waals surface area contributed by atoms with E-state index in [0.29, 0.717) is 35.8 Å². The Morgan fingerprint density at radius 1 is 0.967 bits per heavy atom. The van der Waals surface area contributed by atoms with Crippen molar-refractivity contribution in [1.29, 1.82) is 0 Å². The van der Waals surface area contributed by atoms with Gasteiger partial charge in [-0.2, -0.15) is 0 Å². The number of nitrogens with one attached hydrogen (secondary N) is 1. The van der Waals surface area contributed by atoms with Crippen LogP contribution in [-0.2, 0) is 4.79 Å². The molecule has 1 aromatic heterocycles. The molecule has 0 unspecified atom stereocenters. The van der Waals surface area contributed by atoms with E-state index in [1.165, 1.54) is 11.8 Å². The molecule has 30 heavy (non-hydrogen) atoms. The van der Waals surface area contributed by atoms with E-state index in [0.717, 1.165) is 22.0 Å². The van der Waals surface area contributed by atoms with Gasteiger partial charge in [-0.1, -0.05) is 48.2 Å². The molecule has 0 fully saturated rings. The molecule has 3 aromatic carbocycles. The van der Waals surface area contributed by atoms with E-state index in [1.807, 2.05) is 60.7 Å². The van der Waals surface area contributed by atoms with Gasteiger partial charge >= 0.3 is 0 Å². The number of hydrogen-bond acceptors (Lipinski definition) is 7. The van der Waals surface area contributed by atoms with Crippen LogP contribution in [-0.4, -0.2) is 35.1 Å². The number of hydrogen-bond donors (Lipinski definition) is 1. The molecule has 2 heterocycles. The van der Waals surface area contributed by atoms with Crippen molar-refractivity contribution >= 4 is 34.1 Å². The summed E-state index contributed by atoms with van der Waals surface area (Å²) in [6.07, 6.45) is 0. The summed E-state index contributed by atoms with van der Waals surface area (Å²) in [4.78, 5) is 12.4. The molecular weight excluding hydrogens is 402 g/mol. The second-order valence-corrected chi connectivity index (χ2v) is 7.52. The van der Waals surface area contributed by atoms with Crippen LogP contribution >= 0.6 is 11.8 Å². The lowest BCUT2D eigenvalue weighted by atomic mass is 10.1. The maximum absolute atomic E-state index is 12.4. The number of nitrogens with zero attached hydrogens (tertiary/aromatic N) is 2. The summed E-state index contributed by atoms with van der Waals surface area (Å²) in [7, 11) is 0. The van der Waals surface area contributed by atoms with Crippen molar-refractivity contribution in [3.8, 4) is 23.0 Å². The van der Waals surface area contributed by atoms with Gasteiger partial charge in [-0.05, 0) is 29.7 Å². The van der Waals surface area contributed by atoms with Crippen molar-refractivity contribution < 1.29 is 18.7 Å². The molecule has 5 rings (SSSR count). The zero-order valence-corrected chi connectivity index (χ0v) is 16.6. The number of aromatic nitrogens is 2. The smallest absolute Gasteiger partial charge is 0.277 e. The molecule has 150 valence electrons. The van der Waals surface area contributed by atoms with Gasteiger partial charge in [0.2, 0.25) is 11.8 Å². The Kier molecular flexibility index (Phi) is 4.98. The molecule has 0 saturated heterocycles. The number of amides is 1. The predicted molar refractivity (Wildman–Crippen MR) is 114 cm³/mol. The van der Waals surface area contributed by atoms with Crippen LogP contribution in [0.25, 0.3) is 22.2 Å². The van der Waals surface area contributed by atoms with Gasteiger partial charge in [0.25, 0.3) is 5.22 Å². The quantitative estimate of drug-likeness (QED) is 0.480. The zero-order chi connectivity index (χ0) is 20.3. The van der Waals surface area contributed by atoms with Crippen molar-refractivity contribution in [3.05, 3.63) is 60.7 Å². The second-order valence-electron chi connectivity index (χ2n) is 6.60. The zero-order valence-electron chi connectivity index (χ0n) is 15.8. The van der Waals surface area contributed by atoms with Gasteiger partial charge in [0, 0.05) is 16.6 Å². The number of fused-ring (bicyclic) bond motifs is 2. The molecule has 8 heteroatoms. The van der Waals surface area contributed by atoms with Gasteiger partial charge in [0.1, 0.15) is 13.2 Å². The molecule has 1 aliphatic heterocycles. The lowest BCUT2D eigenvalue weighted by molar-refractivity contribution is -0.113. The normalized spacial score (nSPS) is 12.7. The van der Waals surface area contributed by atoms with E-state index in [-0.39, 0.29) is 11.7 Å². The van der Waals surface area contributed by atoms with Crippen LogP contribution in [0.2, 0.25) is 0 Å². The number of anilines is 1. The number of ether oxygens (including phenoxy) is 2. The fourth-order valence-electron chi connectivity index (χ4n) is 3.21. The molecule has 0 atom stereocenters. The molecule has 4 aromatic rings. The Balaban J connectivity index is 1.24. The minimum Gasteiger partial charge on any atom is -0.486 e. The Hall–Kier alpha value is -3.52. The van der Waals surface area contributed by atoms with Crippen LogP contribution in [0.5, 0.6) is 11.5 Å². The maximum Gasteiger partial charge on any atom is 0.277 e. The van der Waals surface area contributed by atoms with Crippen LogP contribution in [0.3, 0.4) is 0 Å². The molecule has 0 saturated carbocycles. The van der Waals surface area contributed by atoms with Crippen LogP contribution in [0, 0.1) is 0 Å². The first-order chi connectivity index (χ1) is 14.8. The van der Waals surface area contributed by atoms with E-state index in [2.05, 4.69) is 15.5 Å². The lowest BCUT2D eigenvalue weighted by Gasteiger charge is -2.18. The molecule has 0 aliphatic carbocycles. The average molecular weight is 419 g/mol. The lowest BCUT2D eigenvalue weighted by Crippen LogP contribution is -2.15. The molecule has 0 spiro atoms. The van der Waals surface area contributed by atoms with Crippen molar-refractivity contribution in [2.75, 3.05) is 24.3 Å². The van der Waals surface area contributed by atoms with Crippen LogP contribution < -0.4 is 14.8 Å². The highest BCUT2D eigenvalue weighted by molar-refractivity contribution is 7.99. The molecule has 0 bridgehead atoms. The van der Waals surface area contributed by atoms with Gasteiger partial charge in [-0.3, -0.25) is 4.79 Å². The number of carbonyl (C=O) groups is 1. The SMILES string of the molecule is O=C(CSc1nnc(-c2ccc3c(c2)OCCO3)o1)Nc1cccc2ccccc12. The molecule has 7 nitrogen and oxygen atoms in total. The average Bonchev–Trinajstić information content (AvgIpc) is 3.27. The molecule has 1 aliphatic rings. The first-order valence-corrected chi connectivity index (χ1v) is 10.4. The van der Waals surface area contributed by atoms with Crippen LogP contribution in [0.15, 0.2) is 70.3 Å². The number of benzene rings is 3. The summed E-state index contributed by atoms with van der Waals surface area (Å²) in [6, 6.07) is 19.2. The highest BCUT2D eigenvalue weighted by Crippen LogP contribution is 2.34. The summed E-state index contributed by atoms with van der Waals surface area (Å²) in [6.45, 7) is 1.04. The van der Waals surface area contributed by atoms with Gasteiger partial charge in [0.05, 0.1) is 5.75 Å². The monoisotopic (exact) mass is 419 g/mol. The minimum atomic E-state index is -0.143.